The standard InChI is InChI=1S/C5H9NO.C2H6O.H2O/c1-6-4-2-3-5(6)7;1-2-3;/h2-4H2,1H3;3H,2H2,1H3;1H2. The van der Waals surface area contributed by atoms with E-state index in [0.29, 0.717) is 5.91 Å². The summed E-state index contributed by atoms with van der Waals surface area (Å²) >= 11 is 0. The number of hydrogen-bond acceptors (Lipinski definition) is 2. The first kappa shape index (κ1) is 13.0. The van der Waals surface area contributed by atoms with Crippen LogP contribution in [0.25, 0.3) is 0 Å². The van der Waals surface area contributed by atoms with Crippen LogP contribution in [0.4, 0.5) is 0 Å². The van der Waals surface area contributed by atoms with Crippen molar-refractivity contribution < 1.29 is 15.4 Å². The summed E-state index contributed by atoms with van der Waals surface area (Å²) in [5.41, 5.74) is 0. The van der Waals surface area contributed by atoms with Crippen LogP contribution < -0.4 is 0 Å². The highest BCUT2D eigenvalue weighted by Crippen LogP contribution is 2.04. The molecule has 0 aromatic rings. The lowest BCUT2D eigenvalue weighted by Crippen LogP contribution is -2.17. The Morgan fingerprint density at radius 3 is 2.18 bits per heavy atom. The van der Waals surface area contributed by atoms with E-state index in [9.17, 15) is 4.79 Å². The monoisotopic (exact) mass is 163 g/mol. The van der Waals surface area contributed by atoms with E-state index in [4.69, 9.17) is 5.11 Å². The number of nitrogens with zero attached hydrogens (tertiary/aromatic N) is 1. The number of likely N-dealkylation sites (tertiary alicyclic amines) is 1. The summed E-state index contributed by atoms with van der Waals surface area (Å²) in [4.78, 5) is 12.3. The van der Waals surface area contributed by atoms with Crippen LogP contribution in [-0.2, 0) is 4.79 Å². The van der Waals surface area contributed by atoms with Gasteiger partial charge < -0.3 is 15.5 Å². The van der Waals surface area contributed by atoms with Crippen molar-refractivity contribution in [2.75, 3.05) is 20.2 Å². The average molecular weight is 163 g/mol. The molecule has 1 amide bonds. The highest BCUT2D eigenvalue weighted by molar-refractivity contribution is 5.77. The van der Waals surface area contributed by atoms with Crippen LogP contribution in [0.1, 0.15) is 19.8 Å². The zero-order valence-corrected chi connectivity index (χ0v) is 7.13. The SMILES string of the molecule is CCO.CN1CCCC1=O.O. The smallest absolute Gasteiger partial charge is 0.222 e. The maximum absolute atomic E-state index is 10.5. The molecule has 4 nitrogen and oxygen atoms in total. The molecular formula is C7H17NO3. The van der Waals surface area contributed by atoms with Crippen LogP contribution in [0.2, 0.25) is 0 Å². The molecule has 0 aromatic heterocycles. The molecule has 0 bridgehead atoms. The van der Waals surface area contributed by atoms with Gasteiger partial charge in [-0.3, -0.25) is 4.79 Å². The lowest BCUT2D eigenvalue weighted by atomic mass is 10.4. The van der Waals surface area contributed by atoms with E-state index >= 15 is 0 Å². The minimum Gasteiger partial charge on any atom is -0.412 e. The first-order chi connectivity index (χ1) is 4.72. The molecule has 11 heavy (non-hydrogen) atoms. The quantitative estimate of drug-likeness (QED) is 0.518. The van der Waals surface area contributed by atoms with Gasteiger partial charge in [-0.2, -0.15) is 0 Å². The minimum atomic E-state index is 0. The van der Waals surface area contributed by atoms with E-state index in [0.717, 1.165) is 19.4 Å². The fourth-order valence-electron chi connectivity index (χ4n) is 0.783. The Hall–Kier alpha value is -0.610. The summed E-state index contributed by atoms with van der Waals surface area (Å²) in [6.45, 7) is 2.89. The molecule has 1 fully saturated rings. The molecule has 0 aliphatic carbocycles. The Kier molecular flexibility index (Phi) is 8.87. The number of aliphatic hydroxyl groups is 1. The number of aliphatic hydroxyl groups excluding tert-OH is 1. The van der Waals surface area contributed by atoms with E-state index in [-0.39, 0.29) is 12.1 Å². The first-order valence-corrected chi connectivity index (χ1v) is 3.57. The lowest BCUT2D eigenvalue weighted by Gasteiger charge is -2.03. The molecule has 0 aromatic carbocycles. The fraction of sp³-hybridized carbons (Fsp3) is 0.857. The predicted molar refractivity (Wildman–Crippen MR) is 43.2 cm³/mol. The third-order valence-corrected chi connectivity index (χ3v) is 1.31. The topological polar surface area (TPSA) is 72.0 Å². The van der Waals surface area contributed by atoms with E-state index in [1.54, 1.807) is 11.8 Å². The van der Waals surface area contributed by atoms with Crippen LogP contribution in [0, 0.1) is 0 Å². The zero-order valence-electron chi connectivity index (χ0n) is 7.13. The van der Waals surface area contributed by atoms with Crippen molar-refractivity contribution in [3.05, 3.63) is 0 Å². The van der Waals surface area contributed by atoms with Gasteiger partial charge in [0.15, 0.2) is 0 Å². The molecular weight excluding hydrogens is 146 g/mol. The van der Waals surface area contributed by atoms with Gasteiger partial charge in [0.2, 0.25) is 5.91 Å². The highest BCUT2D eigenvalue weighted by atomic mass is 16.2. The number of amides is 1. The molecule has 1 heterocycles. The molecule has 0 atom stereocenters. The van der Waals surface area contributed by atoms with Crippen LogP contribution in [0.3, 0.4) is 0 Å². The molecule has 1 aliphatic rings. The molecule has 1 rings (SSSR count). The summed E-state index contributed by atoms with van der Waals surface area (Å²) in [5, 5.41) is 7.57. The Bertz CT molecular complexity index is 106. The predicted octanol–water partition coefficient (Wildman–Crippen LogP) is -0.588. The van der Waals surface area contributed by atoms with Gasteiger partial charge >= 0.3 is 0 Å². The number of hydrogen-bond donors (Lipinski definition) is 1. The molecule has 0 radical (unpaired) electrons. The fourth-order valence-corrected chi connectivity index (χ4v) is 0.783. The second-order valence-electron chi connectivity index (χ2n) is 2.24. The van der Waals surface area contributed by atoms with Crippen molar-refractivity contribution in [2.24, 2.45) is 0 Å². The van der Waals surface area contributed by atoms with Gasteiger partial charge in [-0.05, 0) is 13.3 Å². The molecule has 68 valence electrons. The highest BCUT2D eigenvalue weighted by Gasteiger charge is 2.14. The first-order valence-electron chi connectivity index (χ1n) is 3.57. The van der Waals surface area contributed by atoms with Gasteiger partial charge in [0.25, 0.3) is 0 Å². The summed E-state index contributed by atoms with van der Waals surface area (Å²) in [5.74, 6) is 0.292. The van der Waals surface area contributed by atoms with Gasteiger partial charge in [-0.25, -0.2) is 0 Å². The average Bonchev–Trinajstić information content (AvgIpc) is 2.19. The second-order valence-corrected chi connectivity index (χ2v) is 2.24. The summed E-state index contributed by atoms with van der Waals surface area (Å²) in [6.07, 6.45) is 1.81. The van der Waals surface area contributed by atoms with Crippen molar-refractivity contribution in [3.63, 3.8) is 0 Å². The van der Waals surface area contributed by atoms with E-state index in [1.807, 2.05) is 7.05 Å². The molecule has 1 aliphatic heterocycles. The zero-order chi connectivity index (χ0) is 7.98. The van der Waals surface area contributed by atoms with Gasteiger partial charge in [0.1, 0.15) is 0 Å². The normalized spacial score (nSPS) is 15.2. The third kappa shape index (κ3) is 5.82. The van der Waals surface area contributed by atoms with Crippen LogP contribution in [0.15, 0.2) is 0 Å². The molecule has 1 saturated heterocycles. The van der Waals surface area contributed by atoms with Crippen molar-refractivity contribution >= 4 is 5.91 Å². The minimum absolute atomic E-state index is 0. The van der Waals surface area contributed by atoms with E-state index in [2.05, 4.69) is 0 Å². The maximum atomic E-state index is 10.5. The Balaban J connectivity index is 0. The molecule has 4 heteroatoms. The van der Waals surface area contributed by atoms with Crippen LogP contribution in [0.5, 0.6) is 0 Å². The molecule has 0 saturated carbocycles. The number of rotatable bonds is 0. The van der Waals surface area contributed by atoms with E-state index < -0.39 is 0 Å². The number of carbonyl (C=O) groups is 1. The van der Waals surface area contributed by atoms with Crippen LogP contribution in [-0.4, -0.2) is 41.6 Å². The van der Waals surface area contributed by atoms with Crippen molar-refractivity contribution in [2.45, 2.75) is 19.8 Å². The third-order valence-electron chi connectivity index (χ3n) is 1.31. The van der Waals surface area contributed by atoms with E-state index in [1.165, 1.54) is 0 Å². The van der Waals surface area contributed by atoms with Crippen molar-refractivity contribution in [1.82, 2.24) is 4.90 Å². The Morgan fingerprint density at radius 1 is 1.64 bits per heavy atom. The molecule has 0 spiro atoms. The van der Waals surface area contributed by atoms with Gasteiger partial charge in [-0.15, -0.1) is 0 Å². The summed E-state index contributed by atoms with van der Waals surface area (Å²) in [6, 6.07) is 0. The summed E-state index contributed by atoms with van der Waals surface area (Å²) in [7, 11) is 1.84. The van der Waals surface area contributed by atoms with Gasteiger partial charge in [0, 0.05) is 26.6 Å². The van der Waals surface area contributed by atoms with Gasteiger partial charge in [-0.1, -0.05) is 0 Å². The lowest BCUT2D eigenvalue weighted by molar-refractivity contribution is -0.126. The van der Waals surface area contributed by atoms with Crippen molar-refractivity contribution in [1.29, 1.82) is 0 Å². The maximum Gasteiger partial charge on any atom is 0.222 e. The number of carbonyl (C=O) groups excluding carboxylic acids is 1. The Labute approximate surface area is 67.1 Å². The van der Waals surface area contributed by atoms with Crippen LogP contribution >= 0.6 is 0 Å². The largest absolute Gasteiger partial charge is 0.412 e. The summed E-state index contributed by atoms with van der Waals surface area (Å²) < 4.78 is 0. The molecule has 0 unspecified atom stereocenters. The second kappa shape index (κ2) is 7.50. The Morgan fingerprint density at radius 2 is 2.09 bits per heavy atom. The van der Waals surface area contributed by atoms with Gasteiger partial charge in [0.05, 0.1) is 0 Å². The van der Waals surface area contributed by atoms with Crippen molar-refractivity contribution in [3.8, 4) is 0 Å². The molecule has 3 N–H and O–H groups in total.